The van der Waals surface area contributed by atoms with Crippen LogP contribution in [0.15, 0.2) is 12.2 Å². The van der Waals surface area contributed by atoms with Gasteiger partial charge in [0.05, 0.1) is 12.2 Å². The average molecular weight is 476 g/mol. The molecule has 0 aromatic carbocycles. The topological polar surface area (TPSA) is 61.8 Å². The molecule has 0 N–H and O–H groups in total. The lowest BCUT2D eigenvalue weighted by atomic mass is 9.52. The molecule has 4 fully saturated rings. The van der Waals surface area contributed by atoms with Gasteiger partial charge in [-0.1, -0.05) is 6.58 Å². The summed E-state index contributed by atoms with van der Waals surface area (Å²) >= 11 is 0. The maximum Gasteiger partial charge on any atom is 0.460 e. The Hall–Kier alpha value is -1.85. The fourth-order valence-corrected chi connectivity index (χ4v) is 5.46. The van der Waals surface area contributed by atoms with Gasteiger partial charge in [0.25, 0.3) is 0 Å². The lowest BCUT2D eigenvalue weighted by molar-refractivity contribution is -0.348. The molecule has 0 heterocycles. The Balaban J connectivity index is 1.59. The largest absolute Gasteiger partial charge is 0.460 e. The molecule has 2 unspecified atom stereocenters. The van der Waals surface area contributed by atoms with Crippen LogP contribution >= 0.6 is 0 Å². The van der Waals surface area contributed by atoms with Gasteiger partial charge in [-0.2, -0.15) is 30.7 Å². The number of alkyl halides is 7. The van der Waals surface area contributed by atoms with Crippen LogP contribution in [0, 0.1) is 11.8 Å². The van der Waals surface area contributed by atoms with Crippen molar-refractivity contribution in [2.45, 2.75) is 74.7 Å². The maximum absolute atomic E-state index is 13.3. The molecule has 4 saturated carbocycles. The van der Waals surface area contributed by atoms with Crippen molar-refractivity contribution in [1.82, 2.24) is 0 Å². The first kappa shape index (κ1) is 24.8. The van der Waals surface area contributed by atoms with E-state index >= 15 is 0 Å². The molecule has 0 amide bonds. The van der Waals surface area contributed by atoms with Gasteiger partial charge in [-0.25, -0.2) is 9.59 Å². The quantitative estimate of drug-likeness (QED) is 0.222. The third kappa shape index (κ3) is 4.34. The van der Waals surface area contributed by atoms with Crippen LogP contribution in [-0.2, 0) is 23.8 Å². The number of halogens is 7. The Morgan fingerprint density at radius 1 is 0.938 bits per heavy atom. The monoisotopic (exact) mass is 476 g/mol. The lowest BCUT2D eigenvalue weighted by Gasteiger charge is -2.60. The van der Waals surface area contributed by atoms with E-state index in [1.807, 2.05) is 0 Å². The molecule has 4 aliphatic carbocycles. The normalized spacial score (nSPS) is 32.0. The van der Waals surface area contributed by atoms with Crippen LogP contribution in [0.2, 0.25) is 0 Å². The molecule has 5 nitrogen and oxygen atoms in total. The number of rotatable bonds is 8. The SMILES string of the molecule is C=C(C)C(=O)OC12CC3CC(CC(OCCOC(=O)C(F)(F)C(F)(F)C(F)(F)F)(C3)C1)C2. The maximum atomic E-state index is 13.3. The number of carbonyl (C=O) groups excluding carboxylic acids is 2. The van der Waals surface area contributed by atoms with E-state index in [-0.39, 0.29) is 17.4 Å². The van der Waals surface area contributed by atoms with Crippen molar-refractivity contribution in [2.75, 3.05) is 13.2 Å². The molecule has 4 rings (SSSR count). The number of hydrogen-bond donors (Lipinski definition) is 0. The summed E-state index contributed by atoms with van der Waals surface area (Å²) in [6, 6.07) is 0. The second-order valence-corrected chi connectivity index (χ2v) is 9.13. The third-order valence-corrected chi connectivity index (χ3v) is 6.34. The molecule has 32 heavy (non-hydrogen) atoms. The average Bonchev–Trinajstić information content (AvgIpc) is 2.62. The Bertz CT molecular complexity index is 778. The Labute approximate surface area is 179 Å². The highest BCUT2D eigenvalue weighted by Gasteiger charge is 2.77. The molecular formula is C20H23F7O5. The zero-order valence-electron chi connectivity index (χ0n) is 17.2. The first-order chi connectivity index (χ1) is 14.5. The summed E-state index contributed by atoms with van der Waals surface area (Å²) in [4.78, 5) is 23.3. The Morgan fingerprint density at radius 3 is 1.97 bits per heavy atom. The van der Waals surface area contributed by atoms with Gasteiger partial charge in [0.2, 0.25) is 0 Å². The summed E-state index contributed by atoms with van der Waals surface area (Å²) in [6.07, 6.45) is -2.94. The van der Waals surface area contributed by atoms with Crippen molar-refractivity contribution < 1.29 is 54.5 Å². The van der Waals surface area contributed by atoms with Crippen LogP contribution in [0.3, 0.4) is 0 Å². The Morgan fingerprint density at radius 2 is 1.47 bits per heavy atom. The highest BCUT2D eigenvalue weighted by Crippen LogP contribution is 2.60. The summed E-state index contributed by atoms with van der Waals surface area (Å²) in [5, 5.41) is 0. The van der Waals surface area contributed by atoms with Crippen LogP contribution in [0.4, 0.5) is 30.7 Å². The van der Waals surface area contributed by atoms with E-state index < -0.39 is 54.4 Å². The third-order valence-electron chi connectivity index (χ3n) is 6.34. The molecular weight excluding hydrogens is 453 g/mol. The second kappa shape index (κ2) is 7.88. The standard InChI is InChI=1S/C20H23F7O5/c1-11(2)14(28)32-17-8-12-5-13(9-17)7-16(6-12,10-17)31-4-3-30-15(29)18(21,22)19(23,24)20(25,26)27/h12-13H,1,3-10H2,2H3. The zero-order chi connectivity index (χ0) is 24.2. The van der Waals surface area contributed by atoms with E-state index in [0.717, 1.165) is 6.42 Å². The van der Waals surface area contributed by atoms with Crippen molar-refractivity contribution in [3.8, 4) is 0 Å². The molecule has 4 aliphatic rings. The molecule has 182 valence electrons. The first-order valence-corrected chi connectivity index (χ1v) is 10.0. The molecule has 0 saturated heterocycles. The molecule has 0 aliphatic heterocycles. The van der Waals surface area contributed by atoms with Gasteiger partial charge >= 0.3 is 30.0 Å². The molecule has 0 aromatic rings. The van der Waals surface area contributed by atoms with Crippen molar-refractivity contribution >= 4 is 11.9 Å². The van der Waals surface area contributed by atoms with Gasteiger partial charge < -0.3 is 14.2 Å². The predicted molar refractivity (Wildman–Crippen MR) is 93.9 cm³/mol. The van der Waals surface area contributed by atoms with Crippen LogP contribution < -0.4 is 0 Å². The second-order valence-electron chi connectivity index (χ2n) is 9.13. The van der Waals surface area contributed by atoms with Crippen molar-refractivity contribution in [2.24, 2.45) is 11.8 Å². The van der Waals surface area contributed by atoms with Gasteiger partial charge in [0.15, 0.2) is 0 Å². The highest BCUT2D eigenvalue weighted by molar-refractivity contribution is 5.87. The van der Waals surface area contributed by atoms with Crippen LogP contribution in [-0.4, -0.2) is 54.4 Å². The van der Waals surface area contributed by atoms with Gasteiger partial charge in [0.1, 0.15) is 12.2 Å². The molecule has 4 bridgehead atoms. The molecule has 0 radical (unpaired) electrons. The fraction of sp³-hybridized carbons (Fsp3) is 0.800. The number of carbonyl (C=O) groups is 2. The molecule has 2 atom stereocenters. The fourth-order valence-electron chi connectivity index (χ4n) is 5.46. The van der Waals surface area contributed by atoms with Gasteiger partial charge in [-0.3, -0.25) is 0 Å². The summed E-state index contributed by atoms with van der Waals surface area (Å²) in [7, 11) is 0. The number of ether oxygens (including phenoxy) is 3. The minimum atomic E-state index is -6.62. The lowest BCUT2D eigenvalue weighted by Crippen LogP contribution is -2.61. The van der Waals surface area contributed by atoms with Crippen molar-refractivity contribution in [1.29, 1.82) is 0 Å². The van der Waals surface area contributed by atoms with Crippen molar-refractivity contribution in [3.63, 3.8) is 0 Å². The van der Waals surface area contributed by atoms with Crippen LogP contribution in [0.25, 0.3) is 0 Å². The predicted octanol–water partition coefficient (Wildman–Crippen LogP) is 4.59. The highest BCUT2D eigenvalue weighted by atomic mass is 19.4. The minimum Gasteiger partial charge on any atom is -0.459 e. The van der Waals surface area contributed by atoms with Crippen LogP contribution in [0.5, 0.6) is 0 Å². The van der Waals surface area contributed by atoms with E-state index in [2.05, 4.69) is 11.3 Å². The summed E-state index contributed by atoms with van der Waals surface area (Å²) in [5.41, 5.74) is -1.32. The van der Waals surface area contributed by atoms with Crippen molar-refractivity contribution in [3.05, 3.63) is 12.2 Å². The van der Waals surface area contributed by atoms with Crippen LogP contribution in [0.1, 0.15) is 45.4 Å². The van der Waals surface area contributed by atoms with E-state index in [1.165, 1.54) is 6.92 Å². The summed E-state index contributed by atoms with van der Waals surface area (Å²) in [6.45, 7) is 3.66. The molecule has 12 heteroatoms. The van der Waals surface area contributed by atoms with Gasteiger partial charge in [-0.05, 0) is 50.9 Å². The van der Waals surface area contributed by atoms with E-state index in [1.54, 1.807) is 0 Å². The number of hydrogen-bond acceptors (Lipinski definition) is 5. The summed E-state index contributed by atoms with van der Waals surface area (Å²) in [5.74, 6) is -15.8. The first-order valence-electron chi connectivity index (χ1n) is 10.0. The van der Waals surface area contributed by atoms with Gasteiger partial charge in [0, 0.05) is 12.0 Å². The number of esters is 2. The zero-order valence-corrected chi connectivity index (χ0v) is 17.2. The molecule has 0 aromatic heterocycles. The Kier molecular flexibility index (Phi) is 6.10. The molecule has 0 spiro atoms. The van der Waals surface area contributed by atoms with E-state index in [4.69, 9.17) is 9.47 Å². The van der Waals surface area contributed by atoms with E-state index in [9.17, 15) is 40.3 Å². The van der Waals surface area contributed by atoms with E-state index in [0.29, 0.717) is 32.1 Å². The smallest absolute Gasteiger partial charge is 0.459 e. The minimum absolute atomic E-state index is 0.187. The summed E-state index contributed by atoms with van der Waals surface area (Å²) < 4.78 is 104. The van der Waals surface area contributed by atoms with Gasteiger partial charge in [-0.15, -0.1) is 0 Å².